The highest BCUT2D eigenvalue weighted by Gasteiger charge is 2.04. The van der Waals surface area contributed by atoms with Gasteiger partial charge in [-0.1, -0.05) is 24.3 Å². The van der Waals surface area contributed by atoms with Crippen molar-refractivity contribution >= 4 is 0 Å². The lowest BCUT2D eigenvalue weighted by Gasteiger charge is -2.05. The number of aromatic nitrogens is 2. The van der Waals surface area contributed by atoms with Crippen LogP contribution in [0.25, 0.3) is 5.69 Å². The topological polar surface area (TPSA) is 27.1 Å². The number of halogens is 1. The van der Waals surface area contributed by atoms with E-state index in [1.54, 1.807) is 23.7 Å². The summed E-state index contributed by atoms with van der Waals surface area (Å²) in [6.07, 6.45) is 1.88. The molecule has 3 rings (SSSR count). The summed E-state index contributed by atoms with van der Waals surface area (Å²) in [5, 5.41) is 4.43. The van der Waals surface area contributed by atoms with Gasteiger partial charge >= 0.3 is 0 Å². The van der Waals surface area contributed by atoms with Gasteiger partial charge in [0.15, 0.2) is 0 Å². The van der Waals surface area contributed by atoms with Crippen LogP contribution in [0.2, 0.25) is 0 Å². The highest BCUT2D eigenvalue weighted by Crippen LogP contribution is 2.17. The minimum Gasteiger partial charge on any atom is -0.487 e. The van der Waals surface area contributed by atoms with E-state index in [1.165, 1.54) is 6.07 Å². The third-order valence-electron chi connectivity index (χ3n) is 3.20. The van der Waals surface area contributed by atoms with Gasteiger partial charge in [-0.05, 0) is 36.8 Å². The van der Waals surface area contributed by atoms with Crippen molar-refractivity contribution in [2.75, 3.05) is 0 Å². The lowest BCUT2D eigenvalue weighted by atomic mass is 10.2. The van der Waals surface area contributed by atoms with Crippen molar-refractivity contribution in [1.82, 2.24) is 9.78 Å². The lowest BCUT2D eigenvalue weighted by molar-refractivity contribution is 0.299. The molecule has 1 aromatic heterocycles. The Kier molecular flexibility index (Phi) is 3.69. The summed E-state index contributed by atoms with van der Waals surface area (Å²) in [5.41, 5.74) is 2.39. The van der Waals surface area contributed by atoms with E-state index in [4.69, 9.17) is 4.74 Å². The highest BCUT2D eigenvalue weighted by atomic mass is 19.1. The van der Waals surface area contributed by atoms with Crippen LogP contribution in [0.4, 0.5) is 4.39 Å². The molecule has 0 saturated heterocycles. The Labute approximate surface area is 122 Å². The summed E-state index contributed by atoms with van der Waals surface area (Å²) in [4.78, 5) is 0. The first kappa shape index (κ1) is 13.4. The fourth-order valence-electron chi connectivity index (χ4n) is 1.98. The summed E-state index contributed by atoms with van der Waals surface area (Å²) in [6, 6.07) is 16.6. The zero-order chi connectivity index (χ0) is 14.7. The van der Waals surface area contributed by atoms with Crippen LogP contribution in [0.5, 0.6) is 5.75 Å². The van der Waals surface area contributed by atoms with Crippen LogP contribution < -0.4 is 4.74 Å². The molecule has 0 unspecified atom stereocenters. The van der Waals surface area contributed by atoms with Gasteiger partial charge in [-0.3, -0.25) is 0 Å². The second kappa shape index (κ2) is 5.79. The number of rotatable bonds is 4. The largest absolute Gasteiger partial charge is 0.487 e. The molecule has 0 fully saturated rings. The minimum atomic E-state index is -0.262. The fraction of sp³-hybridized carbons (Fsp3) is 0.118. The Hall–Kier alpha value is -2.62. The van der Waals surface area contributed by atoms with E-state index in [0.717, 1.165) is 11.4 Å². The van der Waals surface area contributed by atoms with Crippen LogP contribution in [0.1, 0.15) is 11.3 Å². The maximum absolute atomic E-state index is 13.4. The van der Waals surface area contributed by atoms with E-state index >= 15 is 0 Å². The Bertz CT molecular complexity index is 738. The average Bonchev–Trinajstić information content (AvgIpc) is 2.98. The maximum atomic E-state index is 13.4. The molecule has 0 atom stereocenters. The highest BCUT2D eigenvalue weighted by molar-refractivity contribution is 5.31. The molecule has 0 aliphatic carbocycles. The third-order valence-corrected chi connectivity index (χ3v) is 3.20. The van der Waals surface area contributed by atoms with Gasteiger partial charge in [-0.25, -0.2) is 9.07 Å². The molecule has 0 spiro atoms. The summed E-state index contributed by atoms with van der Waals surface area (Å²) < 4.78 is 20.8. The lowest BCUT2D eigenvalue weighted by Crippen LogP contribution is -2.00. The van der Waals surface area contributed by atoms with E-state index < -0.39 is 0 Å². The van der Waals surface area contributed by atoms with Crippen molar-refractivity contribution in [3.8, 4) is 11.4 Å². The standard InChI is InChI=1S/C17H15FN2O/c1-13-7-8-16(11-17(13)18)21-12-14-9-10-20(19-14)15-5-3-2-4-6-15/h2-11H,12H2,1H3. The van der Waals surface area contributed by atoms with Gasteiger partial charge in [-0.2, -0.15) is 5.10 Å². The van der Waals surface area contributed by atoms with Crippen LogP contribution in [-0.2, 0) is 6.61 Å². The van der Waals surface area contributed by atoms with Gasteiger partial charge in [0.05, 0.1) is 5.69 Å². The smallest absolute Gasteiger partial charge is 0.132 e. The maximum Gasteiger partial charge on any atom is 0.132 e. The van der Waals surface area contributed by atoms with Crippen LogP contribution >= 0.6 is 0 Å². The predicted octanol–water partition coefficient (Wildman–Crippen LogP) is 3.90. The zero-order valence-electron chi connectivity index (χ0n) is 11.7. The number of hydrogen-bond donors (Lipinski definition) is 0. The molecule has 3 aromatic rings. The van der Waals surface area contributed by atoms with Gasteiger partial charge in [0, 0.05) is 12.3 Å². The number of aryl methyl sites for hydroxylation is 1. The van der Waals surface area contributed by atoms with Gasteiger partial charge in [-0.15, -0.1) is 0 Å². The summed E-state index contributed by atoms with van der Waals surface area (Å²) in [5.74, 6) is 0.245. The second-order valence-corrected chi connectivity index (χ2v) is 4.79. The van der Waals surface area contributed by atoms with E-state index in [-0.39, 0.29) is 5.82 Å². The summed E-state index contributed by atoms with van der Waals surface area (Å²) in [6.45, 7) is 2.03. The van der Waals surface area contributed by atoms with Crippen LogP contribution in [-0.4, -0.2) is 9.78 Å². The third kappa shape index (κ3) is 3.11. The molecule has 1 heterocycles. The predicted molar refractivity (Wildman–Crippen MR) is 79.0 cm³/mol. The first-order chi connectivity index (χ1) is 10.2. The van der Waals surface area contributed by atoms with E-state index in [2.05, 4.69) is 5.10 Å². The number of hydrogen-bond acceptors (Lipinski definition) is 2. The summed E-state index contributed by atoms with van der Waals surface area (Å²) >= 11 is 0. The number of nitrogens with zero attached hydrogens (tertiary/aromatic N) is 2. The first-order valence-electron chi connectivity index (χ1n) is 6.71. The van der Waals surface area contributed by atoms with Gasteiger partial charge < -0.3 is 4.74 Å². The number of ether oxygens (including phenoxy) is 1. The van der Waals surface area contributed by atoms with Crippen LogP contribution in [0.15, 0.2) is 60.8 Å². The number of benzene rings is 2. The Morgan fingerprint density at radius 3 is 2.67 bits per heavy atom. The van der Waals surface area contributed by atoms with Gasteiger partial charge in [0.2, 0.25) is 0 Å². The Balaban J connectivity index is 1.69. The molecule has 0 radical (unpaired) electrons. The van der Waals surface area contributed by atoms with Crippen molar-refractivity contribution in [1.29, 1.82) is 0 Å². The van der Waals surface area contributed by atoms with E-state index in [1.807, 2.05) is 42.6 Å². The Morgan fingerprint density at radius 2 is 1.90 bits per heavy atom. The summed E-state index contributed by atoms with van der Waals surface area (Å²) in [7, 11) is 0. The molecule has 0 aliphatic rings. The molecular formula is C17H15FN2O. The molecule has 0 bridgehead atoms. The quantitative estimate of drug-likeness (QED) is 0.725. The normalized spacial score (nSPS) is 10.6. The van der Waals surface area contributed by atoms with Crippen molar-refractivity contribution in [2.24, 2.45) is 0 Å². The zero-order valence-corrected chi connectivity index (χ0v) is 11.7. The van der Waals surface area contributed by atoms with Gasteiger partial charge in [0.1, 0.15) is 23.9 Å². The van der Waals surface area contributed by atoms with Crippen molar-refractivity contribution in [3.05, 3.63) is 77.9 Å². The minimum absolute atomic E-state index is 0.262. The molecule has 0 N–H and O–H groups in total. The average molecular weight is 282 g/mol. The number of para-hydroxylation sites is 1. The molecule has 0 amide bonds. The molecule has 21 heavy (non-hydrogen) atoms. The van der Waals surface area contributed by atoms with E-state index in [0.29, 0.717) is 17.9 Å². The van der Waals surface area contributed by atoms with Gasteiger partial charge in [0.25, 0.3) is 0 Å². The molecule has 3 nitrogen and oxygen atoms in total. The molecule has 0 saturated carbocycles. The SMILES string of the molecule is Cc1ccc(OCc2ccn(-c3ccccc3)n2)cc1F. The first-order valence-corrected chi connectivity index (χ1v) is 6.71. The molecule has 0 aliphatic heterocycles. The molecule has 4 heteroatoms. The van der Waals surface area contributed by atoms with E-state index in [9.17, 15) is 4.39 Å². The molecule has 2 aromatic carbocycles. The van der Waals surface area contributed by atoms with Crippen molar-refractivity contribution < 1.29 is 9.13 Å². The Morgan fingerprint density at radius 1 is 1.10 bits per heavy atom. The second-order valence-electron chi connectivity index (χ2n) is 4.79. The molecule has 106 valence electrons. The van der Waals surface area contributed by atoms with Crippen LogP contribution in [0, 0.1) is 12.7 Å². The monoisotopic (exact) mass is 282 g/mol. The van der Waals surface area contributed by atoms with Crippen LogP contribution in [0.3, 0.4) is 0 Å². The van der Waals surface area contributed by atoms with Crippen molar-refractivity contribution in [3.63, 3.8) is 0 Å². The van der Waals surface area contributed by atoms with Crippen molar-refractivity contribution in [2.45, 2.75) is 13.5 Å². The molecular weight excluding hydrogens is 267 g/mol. The fourth-order valence-corrected chi connectivity index (χ4v) is 1.98.